The summed E-state index contributed by atoms with van der Waals surface area (Å²) in [7, 11) is -3.71. The van der Waals surface area contributed by atoms with Gasteiger partial charge in [0.2, 0.25) is 10.0 Å². The number of benzene rings is 2. The Labute approximate surface area is 183 Å². The predicted octanol–water partition coefficient (Wildman–Crippen LogP) is 2.69. The molecule has 2 heterocycles. The molecule has 31 heavy (non-hydrogen) atoms. The highest BCUT2D eigenvalue weighted by Gasteiger charge is 2.33. The van der Waals surface area contributed by atoms with E-state index >= 15 is 0 Å². The topological polar surface area (TPSA) is 76.2 Å². The van der Waals surface area contributed by atoms with E-state index in [9.17, 15) is 13.2 Å². The van der Waals surface area contributed by atoms with Gasteiger partial charge >= 0.3 is 0 Å². The minimum Gasteiger partial charge on any atom is -0.492 e. The van der Waals surface area contributed by atoms with Gasteiger partial charge in [0, 0.05) is 30.8 Å². The fourth-order valence-corrected chi connectivity index (χ4v) is 5.49. The summed E-state index contributed by atoms with van der Waals surface area (Å²) in [4.78, 5) is 14.9. The monoisotopic (exact) mass is 444 g/mol. The van der Waals surface area contributed by atoms with Gasteiger partial charge in [0.25, 0.3) is 5.91 Å². The number of amides is 1. The lowest BCUT2D eigenvalue weighted by atomic mass is 10.1. The summed E-state index contributed by atoms with van der Waals surface area (Å²) in [5.41, 5.74) is 2.31. The minimum absolute atomic E-state index is 0.0760. The molecule has 0 aliphatic carbocycles. The molecule has 0 saturated carbocycles. The molecular weight excluding hydrogens is 416 g/mol. The standard InChI is InChI=1S/C23H28N2O5S/c1-3-18-4-7-21(8-5-18)31(27,28)25-15-20-14-19(6-9-22(20)30-16-17(25)2)23(26)24-10-12-29-13-11-24/h4-9,14,17H,3,10-13,15-16H2,1-2H3. The Bertz CT molecular complexity index is 1050. The molecule has 0 spiro atoms. The van der Waals surface area contributed by atoms with Crippen LogP contribution in [0.5, 0.6) is 5.75 Å². The number of rotatable bonds is 4. The molecule has 8 heteroatoms. The van der Waals surface area contributed by atoms with E-state index in [4.69, 9.17) is 9.47 Å². The molecule has 0 radical (unpaired) electrons. The van der Waals surface area contributed by atoms with Crippen molar-refractivity contribution < 1.29 is 22.7 Å². The van der Waals surface area contributed by atoms with Crippen molar-refractivity contribution in [1.29, 1.82) is 0 Å². The maximum Gasteiger partial charge on any atom is 0.254 e. The quantitative estimate of drug-likeness (QED) is 0.725. The Morgan fingerprint density at radius 1 is 1.10 bits per heavy atom. The highest BCUT2D eigenvalue weighted by molar-refractivity contribution is 7.89. The molecule has 0 N–H and O–H groups in total. The van der Waals surface area contributed by atoms with Crippen molar-refractivity contribution in [3.8, 4) is 5.75 Å². The third kappa shape index (κ3) is 4.46. The fraction of sp³-hybridized carbons (Fsp3) is 0.435. The molecule has 2 aromatic rings. The van der Waals surface area contributed by atoms with Crippen molar-refractivity contribution in [3.05, 3.63) is 59.2 Å². The van der Waals surface area contributed by atoms with Crippen LogP contribution in [0.1, 0.15) is 35.3 Å². The predicted molar refractivity (Wildman–Crippen MR) is 117 cm³/mol. The summed E-state index contributed by atoms with van der Waals surface area (Å²) < 4.78 is 39.5. The zero-order valence-electron chi connectivity index (χ0n) is 17.9. The fourth-order valence-electron chi connectivity index (χ4n) is 3.90. The number of carbonyl (C=O) groups is 1. The third-order valence-electron chi connectivity index (χ3n) is 5.84. The number of hydrogen-bond donors (Lipinski definition) is 0. The number of morpholine rings is 1. The van der Waals surface area contributed by atoms with Crippen LogP contribution in [0, 0.1) is 0 Å². The van der Waals surface area contributed by atoms with E-state index in [2.05, 4.69) is 0 Å². The summed E-state index contributed by atoms with van der Waals surface area (Å²) in [5.74, 6) is 0.539. The molecule has 1 unspecified atom stereocenters. The van der Waals surface area contributed by atoms with Crippen LogP contribution in [0.4, 0.5) is 0 Å². The zero-order chi connectivity index (χ0) is 22.0. The van der Waals surface area contributed by atoms with Crippen LogP contribution in [-0.2, 0) is 27.7 Å². The average molecular weight is 445 g/mol. The molecule has 1 saturated heterocycles. The van der Waals surface area contributed by atoms with Crippen molar-refractivity contribution in [2.24, 2.45) is 0 Å². The molecule has 0 aromatic heterocycles. The normalized spacial score (nSPS) is 19.9. The first kappa shape index (κ1) is 21.8. The molecule has 1 fully saturated rings. The van der Waals surface area contributed by atoms with E-state index < -0.39 is 10.0 Å². The second kappa shape index (κ2) is 8.98. The lowest BCUT2D eigenvalue weighted by molar-refractivity contribution is 0.0303. The van der Waals surface area contributed by atoms with E-state index in [1.165, 1.54) is 4.31 Å². The smallest absolute Gasteiger partial charge is 0.254 e. The second-order valence-corrected chi connectivity index (χ2v) is 9.83. The molecule has 0 bridgehead atoms. The maximum atomic E-state index is 13.4. The summed E-state index contributed by atoms with van der Waals surface area (Å²) in [6.45, 7) is 6.43. The van der Waals surface area contributed by atoms with E-state index in [0.29, 0.717) is 43.2 Å². The van der Waals surface area contributed by atoms with Gasteiger partial charge in [-0.1, -0.05) is 19.1 Å². The Balaban J connectivity index is 1.63. The zero-order valence-corrected chi connectivity index (χ0v) is 18.7. The van der Waals surface area contributed by atoms with E-state index in [1.54, 1.807) is 35.2 Å². The molecule has 4 rings (SSSR count). The maximum absolute atomic E-state index is 13.4. The van der Waals surface area contributed by atoms with Crippen molar-refractivity contribution in [2.75, 3.05) is 32.9 Å². The lowest BCUT2D eigenvalue weighted by Crippen LogP contribution is -2.41. The number of fused-ring (bicyclic) bond motifs is 1. The van der Waals surface area contributed by atoms with Crippen molar-refractivity contribution >= 4 is 15.9 Å². The van der Waals surface area contributed by atoms with Crippen LogP contribution in [0.15, 0.2) is 47.4 Å². The van der Waals surface area contributed by atoms with Gasteiger partial charge in [0.15, 0.2) is 0 Å². The third-order valence-corrected chi connectivity index (χ3v) is 7.82. The number of nitrogens with zero attached hydrogens (tertiary/aromatic N) is 2. The largest absolute Gasteiger partial charge is 0.492 e. The van der Waals surface area contributed by atoms with Crippen LogP contribution >= 0.6 is 0 Å². The van der Waals surface area contributed by atoms with Crippen molar-refractivity contribution in [2.45, 2.75) is 37.8 Å². The Morgan fingerprint density at radius 2 is 1.81 bits per heavy atom. The first-order valence-corrected chi connectivity index (χ1v) is 12.1. The number of ether oxygens (including phenoxy) is 2. The molecule has 2 aliphatic heterocycles. The van der Waals surface area contributed by atoms with Crippen LogP contribution in [-0.4, -0.2) is 62.5 Å². The van der Waals surface area contributed by atoms with Crippen molar-refractivity contribution in [3.63, 3.8) is 0 Å². The summed E-state index contributed by atoms with van der Waals surface area (Å²) in [6, 6.07) is 11.9. The summed E-state index contributed by atoms with van der Waals surface area (Å²) in [6.07, 6.45) is 0.849. The summed E-state index contributed by atoms with van der Waals surface area (Å²) >= 11 is 0. The molecule has 166 valence electrons. The Kier molecular flexibility index (Phi) is 6.31. The molecule has 2 aliphatic rings. The first-order chi connectivity index (χ1) is 14.9. The second-order valence-electron chi connectivity index (χ2n) is 7.93. The van der Waals surface area contributed by atoms with Crippen LogP contribution in [0.3, 0.4) is 0 Å². The van der Waals surface area contributed by atoms with E-state index in [-0.39, 0.29) is 30.0 Å². The van der Waals surface area contributed by atoms with Gasteiger partial charge in [0.05, 0.1) is 24.2 Å². The van der Waals surface area contributed by atoms with Gasteiger partial charge < -0.3 is 14.4 Å². The molecule has 7 nitrogen and oxygen atoms in total. The van der Waals surface area contributed by atoms with Crippen LogP contribution in [0.2, 0.25) is 0 Å². The van der Waals surface area contributed by atoms with Gasteiger partial charge in [-0.25, -0.2) is 8.42 Å². The molecule has 2 aromatic carbocycles. The molecule has 1 amide bonds. The van der Waals surface area contributed by atoms with Gasteiger partial charge in [0.1, 0.15) is 12.4 Å². The van der Waals surface area contributed by atoms with Crippen molar-refractivity contribution in [1.82, 2.24) is 9.21 Å². The minimum atomic E-state index is -3.71. The Hall–Kier alpha value is -2.42. The SMILES string of the molecule is CCc1ccc(S(=O)(=O)N2Cc3cc(C(=O)N4CCOCC4)ccc3OCC2C)cc1. The van der Waals surface area contributed by atoms with Gasteiger partial charge in [-0.15, -0.1) is 0 Å². The average Bonchev–Trinajstić information content (AvgIpc) is 2.98. The van der Waals surface area contributed by atoms with Crippen LogP contribution in [0.25, 0.3) is 0 Å². The number of sulfonamides is 1. The molecular formula is C23H28N2O5S. The van der Waals surface area contributed by atoms with E-state index in [0.717, 1.165) is 12.0 Å². The van der Waals surface area contributed by atoms with Gasteiger partial charge in [-0.05, 0) is 49.2 Å². The Morgan fingerprint density at radius 3 is 2.48 bits per heavy atom. The number of hydrogen-bond acceptors (Lipinski definition) is 5. The highest BCUT2D eigenvalue weighted by Crippen LogP contribution is 2.30. The first-order valence-electron chi connectivity index (χ1n) is 10.6. The van der Waals surface area contributed by atoms with Gasteiger partial charge in [-0.2, -0.15) is 4.31 Å². The lowest BCUT2D eigenvalue weighted by Gasteiger charge is -2.27. The molecule has 1 atom stereocenters. The summed E-state index contributed by atoms with van der Waals surface area (Å²) in [5, 5.41) is 0. The van der Waals surface area contributed by atoms with Crippen LogP contribution < -0.4 is 4.74 Å². The van der Waals surface area contributed by atoms with E-state index in [1.807, 2.05) is 26.0 Å². The number of aryl methyl sites for hydroxylation is 1. The highest BCUT2D eigenvalue weighted by atomic mass is 32.2. The van der Waals surface area contributed by atoms with Gasteiger partial charge in [-0.3, -0.25) is 4.79 Å². The number of carbonyl (C=O) groups excluding carboxylic acids is 1.